The van der Waals surface area contributed by atoms with Crippen LogP contribution in [0, 0.1) is 0 Å². The molecule has 2 aromatic carbocycles. The number of aromatic nitrogens is 1. The minimum atomic E-state index is 0.670. The van der Waals surface area contributed by atoms with E-state index in [0.29, 0.717) is 6.61 Å². The van der Waals surface area contributed by atoms with Gasteiger partial charge in [0.15, 0.2) is 4.80 Å². The van der Waals surface area contributed by atoms with Gasteiger partial charge >= 0.3 is 0 Å². The number of rotatable bonds is 9. The molecule has 0 bridgehead atoms. The number of hydrogen-bond donors (Lipinski definition) is 0. The second kappa shape index (κ2) is 10.5. The van der Waals surface area contributed by atoms with E-state index < -0.39 is 0 Å². The quantitative estimate of drug-likeness (QED) is 0.343. The van der Waals surface area contributed by atoms with Crippen LogP contribution in [0.15, 0.2) is 58.9 Å². The van der Waals surface area contributed by atoms with Gasteiger partial charge in [-0.1, -0.05) is 49.9 Å². The Kier molecular flexibility index (Phi) is 7.75. The molecule has 1 heterocycles. The molecule has 1 aromatic heterocycles. The van der Waals surface area contributed by atoms with Crippen molar-refractivity contribution < 1.29 is 4.74 Å². The van der Waals surface area contributed by atoms with Crippen LogP contribution >= 0.6 is 22.9 Å². The number of ether oxygens (including phenoxy) is 1. The van der Waals surface area contributed by atoms with Crippen molar-refractivity contribution in [3.05, 3.63) is 63.7 Å². The average Bonchev–Trinajstić information content (AvgIpc) is 3.10. The molecule has 0 unspecified atom stereocenters. The molecule has 3 nitrogen and oxygen atoms in total. The summed E-state index contributed by atoms with van der Waals surface area (Å²) in [6.07, 6.45) is 4.90. The standard InChI is InChI=1S/C23H27ClN2OS/c1-3-5-6-7-16-26-22(18-8-10-19(24)11-9-18)17-28-23(26)25-20-12-14-21(15-13-20)27-4-2/h8-15,17H,3-7,16H2,1-2H3. The summed E-state index contributed by atoms with van der Waals surface area (Å²) in [5.74, 6) is 0.877. The summed E-state index contributed by atoms with van der Waals surface area (Å²) in [5, 5.41) is 2.95. The van der Waals surface area contributed by atoms with Crippen LogP contribution in [0.4, 0.5) is 5.69 Å². The highest BCUT2D eigenvalue weighted by molar-refractivity contribution is 7.07. The number of unbranched alkanes of at least 4 members (excludes halogenated alkanes) is 3. The van der Waals surface area contributed by atoms with Gasteiger partial charge in [-0.3, -0.25) is 0 Å². The first kappa shape index (κ1) is 20.7. The van der Waals surface area contributed by atoms with Crippen molar-refractivity contribution in [1.29, 1.82) is 0 Å². The normalized spacial score (nSPS) is 11.8. The van der Waals surface area contributed by atoms with E-state index in [4.69, 9.17) is 21.3 Å². The molecule has 0 saturated carbocycles. The Hall–Kier alpha value is -2.04. The molecule has 148 valence electrons. The van der Waals surface area contributed by atoms with Gasteiger partial charge in [-0.15, -0.1) is 11.3 Å². The Labute approximate surface area is 176 Å². The van der Waals surface area contributed by atoms with E-state index in [1.807, 2.05) is 43.3 Å². The number of thiazole rings is 1. The summed E-state index contributed by atoms with van der Waals surface area (Å²) >= 11 is 7.75. The maximum atomic E-state index is 6.07. The zero-order valence-corrected chi connectivity index (χ0v) is 18.1. The van der Waals surface area contributed by atoms with Crippen molar-refractivity contribution in [2.24, 2.45) is 4.99 Å². The van der Waals surface area contributed by atoms with Crippen LogP contribution in [0.5, 0.6) is 5.75 Å². The van der Waals surface area contributed by atoms with Gasteiger partial charge in [0.2, 0.25) is 0 Å². The molecule has 0 spiro atoms. The number of halogens is 1. The average molecular weight is 415 g/mol. The van der Waals surface area contributed by atoms with Crippen LogP contribution in [0.25, 0.3) is 11.3 Å². The van der Waals surface area contributed by atoms with Crippen LogP contribution in [-0.4, -0.2) is 11.2 Å². The number of hydrogen-bond acceptors (Lipinski definition) is 3. The maximum Gasteiger partial charge on any atom is 0.190 e. The third-order valence-corrected chi connectivity index (χ3v) is 5.66. The summed E-state index contributed by atoms with van der Waals surface area (Å²) in [7, 11) is 0. The predicted molar refractivity (Wildman–Crippen MR) is 120 cm³/mol. The Morgan fingerprint density at radius 1 is 0.964 bits per heavy atom. The molecule has 0 saturated heterocycles. The van der Waals surface area contributed by atoms with Gasteiger partial charge in [0.1, 0.15) is 5.75 Å². The lowest BCUT2D eigenvalue weighted by Gasteiger charge is -2.09. The van der Waals surface area contributed by atoms with E-state index in [0.717, 1.165) is 34.2 Å². The molecule has 28 heavy (non-hydrogen) atoms. The lowest BCUT2D eigenvalue weighted by atomic mass is 10.1. The highest BCUT2D eigenvalue weighted by Gasteiger charge is 2.08. The van der Waals surface area contributed by atoms with Crippen molar-refractivity contribution in [3.63, 3.8) is 0 Å². The molecule has 0 aliphatic heterocycles. The van der Waals surface area contributed by atoms with Crippen molar-refractivity contribution >= 4 is 28.6 Å². The third kappa shape index (κ3) is 5.49. The van der Waals surface area contributed by atoms with Crippen molar-refractivity contribution in [1.82, 2.24) is 4.57 Å². The molecule has 0 fully saturated rings. The van der Waals surface area contributed by atoms with E-state index >= 15 is 0 Å². The highest BCUT2D eigenvalue weighted by atomic mass is 35.5. The molecule has 0 aliphatic rings. The van der Waals surface area contributed by atoms with E-state index in [9.17, 15) is 0 Å². The van der Waals surface area contributed by atoms with Gasteiger partial charge in [0, 0.05) is 16.9 Å². The lowest BCUT2D eigenvalue weighted by Crippen LogP contribution is -2.16. The van der Waals surface area contributed by atoms with Crippen LogP contribution in [0.3, 0.4) is 0 Å². The highest BCUT2D eigenvalue weighted by Crippen LogP contribution is 2.24. The monoisotopic (exact) mass is 414 g/mol. The first-order chi connectivity index (χ1) is 13.7. The van der Waals surface area contributed by atoms with Crippen molar-refractivity contribution in [2.45, 2.75) is 46.1 Å². The molecule has 0 aliphatic carbocycles. The van der Waals surface area contributed by atoms with Gasteiger partial charge < -0.3 is 9.30 Å². The molecule has 0 atom stereocenters. The van der Waals surface area contributed by atoms with Gasteiger partial charge in [-0.25, -0.2) is 4.99 Å². The van der Waals surface area contributed by atoms with E-state index in [1.54, 1.807) is 11.3 Å². The van der Waals surface area contributed by atoms with Gasteiger partial charge in [-0.2, -0.15) is 0 Å². The minimum absolute atomic E-state index is 0.670. The predicted octanol–water partition coefficient (Wildman–Crippen LogP) is 7.08. The summed E-state index contributed by atoms with van der Waals surface area (Å²) in [4.78, 5) is 5.92. The van der Waals surface area contributed by atoms with Crippen molar-refractivity contribution in [3.8, 4) is 17.0 Å². The first-order valence-corrected chi connectivity index (χ1v) is 11.2. The van der Waals surface area contributed by atoms with E-state index in [2.05, 4.69) is 29.0 Å². The number of benzene rings is 2. The largest absolute Gasteiger partial charge is 0.494 e. The van der Waals surface area contributed by atoms with Gasteiger partial charge in [0.25, 0.3) is 0 Å². The molecule has 3 aromatic rings. The first-order valence-electron chi connectivity index (χ1n) is 9.93. The fourth-order valence-electron chi connectivity index (χ4n) is 3.08. The zero-order chi connectivity index (χ0) is 19.8. The maximum absolute atomic E-state index is 6.07. The Morgan fingerprint density at radius 3 is 2.39 bits per heavy atom. The number of nitrogens with zero attached hydrogens (tertiary/aromatic N) is 2. The summed E-state index contributed by atoms with van der Waals surface area (Å²) < 4.78 is 7.86. The Morgan fingerprint density at radius 2 is 1.71 bits per heavy atom. The van der Waals surface area contributed by atoms with Crippen LogP contribution in [0.1, 0.15) is 39.5 Å². The smallest absolute Gasteiger partial charge is 0.190 e. The molecule has 0 radical (unpaired) electrons. The SMILES string of the molecule is CCCCCCn1c(-c2ccc(Cl)cc2)csc1=Nc1ccc(OCC)cc1. The van der Waals surface area contributed by atoms with Crippen LogP contribution in [0.2, 0.25) is 5.02 Å². The minimum Gasteiger partial charge on any atom is -0.494 e. The Bertz CT molecular complexity index is 926. The van der Waals surface area contributed by atoms with E-state index in [-0.39, 0.29) is 0 Å². The van der Waals surface area contributed by atoms with Gasteiger partial charge in [-0.05, 0) is 55.3 Å². The van der Waals surface area contributed by atoms with Crippen LogP contribution in [-0.2, 0) is 6.54 Å². The van der Waals surface area contributed by atoms with Crippen LogP contribution < -0.4 is 9.54 Å². The molecule has 3 rings (SSSR count). The molecular formula is C23H27ClN2OS. The second-order valence-electron chi connectivity index (χ2n) is 6.66. The van der Waals surface area contributed by atoms with E-state index in [1.165, 1.54) is 30.5 Å². The topological polar surface area (TPSA) is 26.5 Å². The molecular weight excluding hydrogens is 388 g/mol. The molecule has 0 N–H and O–H groups in total. The fraction of sp³-hybridized carbons (Fsp3) is 0.348. The summed E-state index contributed by atoms with van der Waals surface area (Å²) in [5.41, 5.74) is 3.31. The fourth-order valence-corrected chi connectivity index (χ4v) is 4.16. The lowest BCUT2D eigenvalue weighted by molar-refractivity contribution is 0.340. The van der Waals surface area contributed by atoms with Crippen molar-refractivity contribution in [2.75, 3.05) is 6.61 Å². The van der Waals surface area contributed by atoms with Gasteiger partial charge in [0.05, 0.1) is 18.0 Å². The summed E-state index contributed by atoms with van der Waals surface area (Å²) in [6.45, 7) is 5.87. The Balaban J connectivity index is 1.93. The summed E-state index contributed by atoms with van der Waals surface area (Å²) in [6, 6.07) is 16.0. The molecule has 0 amide bonds. The zero-order valence-electron chi connectivity index (χ0n) is 16.5. The third-order valence-electron chi connectivity index (χ3n) is 4.55. The second-order valence-corrected chi connectivity index (χ2v) is 7.93. The molecule has 5 heteroatoms.